The number of benzene rings is 1. The van der Waals surface area contributed by atoms with Crippen molar-refractivity contribution >= 4 is 17.9 Å². The van der Waals surface area contributed by atoms with Crippen LogP contribution in [0.5, 0.6) is 5.75 Å². The van der Waals surface area contributed by atoms with Crippen LogP contribution in [0.25, 0.3) is 6.08 Å². The number of carbonyl (C=O) groups is 2. The van der Waals surface area contributed by atoms with Gasteiger partial charge in [0.25, 0.3) is 5.91 Å². The molecule has 0 radical (unpaired) electrons. The molecule has 2 amide bonds. The number of rotatable bonds is 3. The predicted octanol–water partition coefficient (Wildman–Crippen LogP) is 0.876. The Balaban J connectivity index is 2.57. The molecule has 5 nitrogen and oxygen atoms in total. The van der Waals surface area contributed by atoms with Gasteiger partial charge in [-0.2, -0.15) is 0 Å². The second-order valence-electron chi connectivity index (χ2n) is 3.28. The molecule has 0 spiro atoms. The molecule has 1 aromatic carbocycles. The lowest BCUT2D eigenvalue weighted by molar-refractivity contribution is -0.125. The number of methoxy groups -OCH3 is 1. The van der Waals surface area contributed by atoms with Gasteiger partial charge in [-0.05, 0) is 23.8 Å². The third-order valence-corrected chi connectivity index (χ3v) is 1.88. The van der Waals surface area contributed by atoms with Gasteiger partial charge in [0.2, 0.25) is 5.91 Å². The first-order valence-corrected chi connectivity index (χ1v) is 5.00. The van der Waals surface area contributed by atoms with E-state index in [-0.39, 0.29) is 5.91 Å². The van der Waals surface area contributed by atoms with Crippen LogP contribution >= 0.6 is 0 Å². The van der Waals surface area contributed by atoms with Gasteiger partial charge in [-0.1, -0.05) is 12.1 Å². The van der Waals surface area contributed by atoms with E-state index in [1.807, 2.05) is 18.2 Å². The normalized spacial score (nSPS) is 10.0. The van der Waals surface area contributed by atoms with Crippen molar-refractivity contribution in [2.24, 2.45) is 0 Å². The monoisotopic (exact) mass is 234 g/mol. The van der Waals surface area contributed by atoms with Gasteiger partial charge >= 0.3 is 0 Å². The van der Waals surface area contributed by atoms with E-state index >= 15 is 0 Å². The number of hydrogen-bond donors (Lipinski definition) is 2. The number of hydrazine groups is 1. The molecule has 1 rings (SSSR count). The highest BCUT2D eigenvalue weighted by Gasteiger charge is 1.96. The smallest absolute Gasteiger partial charge is 0.262 e. The molecule has 0 heterocycles. The first-order chi connectivity index (χ1) is 8.11. The number of hydrogen-bond acceptors (Lipinski definition) is 3. The Bertz CT molecular complexity index is 441. The van der Waals surface area contributed by atoms with Gasteiger partial charge in [-0.25, -0.2) is 0 Å². The molecule has 0 aliphatic heterocycles. The van der Waals surface area contributed by atoms with Crippen LogP contribution in [-0.4, -0.2) is 18.9 Å². The first kappa shape index (κ1) is 12.8. The van der Waals surface area contributed by atoms with Gasteiger partial charge < -0.3 is 4.74 Å². The van der Waals surface area contributed by atoms with Gasteiger partial charge in [0.15, 0.2) is 0 Å². The Morgan fingerprint density at radius 2 is 2.06 bits per heavy atom. The highest BCUT2D eigenvalue weighted by Crippen LogP contribution is 2.13. The van der Waals surface area contributed by atoms with Crippen molar-refractivity contribution in [3.05, 3.63) is 35.9 Å². The summed E-state index contributed by atoms with van der Waals surface area (Å²) in [6.45, 7) is 1.31. The van der Waals surface area contributed by atoms with E-state index in [2.05, 4.69) is 10.9 Å². The number of carbonyl (C=O) groups excluding carboxylic acids is 2. The van der Waals surface area contributed by atoms with Gasteiger partial charge in [-0.15, -0.1) is 0 Å². The largest absolute Gasteiger partial charge is 0.497 e. The molecule has 0 unspecified atom stereocenters. The van der Waals surface area contributed by atoms with Gasteiger partial charge in [0, 0.05) is 13.0 Å². The zero-order valence-electron chi connectivity index (χ0n) is 9.69. The van der Waals surface area contributed by atoms with E-state index in [0.29, 0.717) is 0 Å². The minimum Gasteiger partial charge on any atom is -0.497 e. The van der Waals surface area contributed by atoms with Crippen LogP contribution < -0.4 is 15.6 Å². The molecule has 0 saturated carbocycles. The van der Waals surface area contributed by atoms with Gasteiger partial charge in [0.1, 0.15) is 5.75 Å². The van der Waals surface area contributed by atoms with Gasteiger partial charge in [0.05, 0.1) is 7.11 Å². The second-order valence-corrected chi connectivity index (χ2v) is 3.28. The topological polar surface area (TPSA) is 67.4 Å². The molecule has 17 heavy (non-hydrogen) atoms. The summed E-state index contributed by atoms with van der Waals surface area (Å²) in [4.78, 5) is 21.8. The Kier molecular flexibility index (Phi) is 4.75. The minimum atomic E-state index is -0.400. The van der Waals surface area contributed by atoms with Crippen LogP contribution in [0.2, 0.25) is 0 Å². The maximum atomic E-state index is 11.2. The van der Waals surface area contributed by atoms with Crippen LogP contribution in [0.15, 0.2) is 30.3 Å². The van der Waals surface area contributed by atoms with Crippen molar-refractivity contribution < 1.29 is 14.3 Å². The van der Waals surface area contributed by atoms with Crippen molar-refractivity contribution in [2.75, 3.05) is 7.11 Å². The van der Waals surface area contributed by atoms with E-state index in [4.69, 9.17) is 4.74 Å². The summed E-state index contributed by atoms with van der Waals surface area (Å²) in [6, 6.07) is 7.27. The Morgan fingerprint density at radius 1 is 1.29 bits per heavy atom. The Morgan fingerprint density at radius 3 is 2.71 bits per heavy atom. The molecule has 0 atom stereocenters. The van der Waals surface area contributed by atoms with E-state index in [0.717, 1.165) is 11.3 Å². The Hall–Kier alpha value is -2.30. The molecule has 0 fully saturated rings. The second kappa shape index (κ2) is 6.32. The standard InChI is InChI=1S/C12H14N2O3/c1-9(15)13-14-12(16)7-6-10-4-3-5-11(8-10)17-2/h3-8H,1-2H3,(H,13,15)(H,14,16)/b7-6+. The molecule has 2 N–H and O–H groups in total. The minimum absolute atomic E-state index is 0.326. The fourth-order valence-electron chi connectivity index (χ4n) is 1.11. The summed E-state index contributed by atoms with van der Waals surface area (Å²) in [6.07, 6.45) is 2.95. The highest BCUT2D eigenvalue weighted by molar-refractivity contribution is 5.92. The highest BCUT2D eigenvalue weighted by atomic mass is 16.5. The molecule has 90 valence electrons. The number of nitrogens with one attached hydrogen (secondary N) is 2. The predicted molar refractivity (Wildman–Crippen MR) is 64.0 cm³/mol. The lowest BCUT2D eigenvalue weighted by atomic mass is 10.2. The van der Waals surface area contributed by atoms with Crippen molar-refractivity contribution in [1.29, 1.82) is 0 Å². The third-order valence-electron chi connectivity index (χ3n) is 1.88. The van der Waals surface area contributed by atoms with Crippen molar-refractivity contribution in [3.63, 3.8) is 0 Å². The molecule has 0 bridgehead atoms. The zero-order chi connectivity index (χ0) is 12.7. The van der Waals surface area contributed by atoms with E-state index in [1.54, 1.807) is 19.3 Å². The molecule has 0 aromatic heterocycles. The third kappa shape index (κ3) is 4.83. The van der Waals surface area contributed by atoms with E-state index in [1.165, 1.54) is 13.0 Å². The maximum Gasteiger partial charge on any atom is 0.262 e. The number of amides is 2. The molecule has 1 aromatic rings. The molecular formula is C12H14N2O3. The molecule has 5 heteroatoms. The van der Waals surface area contributed by atoms with Gasteiger partial charge in [-0.3, -0.25) is 20.4 Å². The summed E-state index contributed by atoms with van der Waals surface area (Å²) in [5, 5.41) is 0. The maximum absolute atomic E-state index is 11.2. The fraction of sp³-hybridized carbons (Fsp3) is 0.167. The fourth-order valence-corrected chi connectivity index (χ4v) is 1.11. The Labute approximate surface area is 99.4 Å². The van der Waals surface area contributed by atoms with Crippen LogP contribution in [0.1, 0.15) is 12.5 Å². The van der Waals surface area contributed by atoms with E-state index < -0.39 is 5.91 Å². The quantitative estimate of drug-likeness (QED) is 0.602. The summed E-state index contributed by atoms with van der Waals surface area (Å²) < 4.78 is 5.05. The molecule has 0 saturated heterocycles. The average molecular weight is 234 g/mol. The summed E-state index contributed by atoms with van der Waals surface area (Å²) in [7, 11) is 1.58. The summed E-state index contributed by atoms with van der Waals surface area (Å²) in [5.41, 5.74) is 5.25. The van der Waals surface area contributed by atoms with E-state index in [9.17, 15) is 9.59 Å². The van der Waals surface area contributed by atoms with Crippen molar-refractivity contribution in [3.8, 4) is 5.75 Å². The first-order valence-electron chi connectivity index (χ1n) is 5.00. The lowest BCUT2D eigenvalue weighted by Crippen LogP contribution is -2.39. The molecular weight excluding hydrogens is 220 g/mol. The van der Waals surface area contributed by atoms with Crippen LogP contribution in [0, 0.1) is 0 Å². The SMILES string of the molecule is COc1cccc(/C=C/C(=O)NNC(C)=O)c1. The zero-order valence-corrected chi connectivity index (χ0v) is 9.69. The summed E-state index contributed by atoms with van der Waals surface area (Å²) >= 11 is 0. The summed E-state index contributed by atoms with van der Waals surface area (Å²) in [5.74, 6) is -0.00873. The molecule has 0 aliphatic carbocycles. The van der Waals surface area contributed by atoms with Crippen LogP contribution in [0.4, 0.5) is 0 Å². The van der Waals surface area contributed by atoms with Crippen molar-refractivity contribution in [2.45, 2.75) is 6.92 Å². The van der Waals surface area contributed by atoms with Crippen LogP contribution in [0.3, 0.4) is 0 Å². The lowest BCUT2D eigenvalue weighted by Gasteiger charge is -2.01. The van der Waals surface area contributed by atoms with Crippen molar-refractivity contribution in [1.82, 2.24) is 10.9 Å². The average Bonchev–Trinajstić information content (AvgIpc) is 2.34. The molecule has 0 aliphatic rings. The van der Waals surface area contributed by atoms with Crippen LogP contribution in [-0.2, 0) is 9.59 Å². The number of ether oxygens (including phenoxy) is 1.